The largest absolute Gasteiger partial charge is 0.365 e. The van der Waals surface area contributed by atoms with Crippen LogP contribution in [-0.2, 0) is 11.3 Å². The molecule has 3 aromatic rings. The fourth-order valence-corrected chi connectivity index (χ4v) is 4.00. The lowest BCUT2D eigenvalue weighted by molar-refractivity contribution is -0.385. The first-order valence-corrected chi connectivity index (χ1v) is 9.40. The van der Waals surface area contributed by atoms with Gasteiger partial charge in [-0.05, 0) is 25.5 Å². The topological polar surface area (TPSA) is 146 Å². The first kappa shape index (κ1) is 21.2. The van der Waals surface area contributed by atoms with Crippen molar-refractivity contribution in [3.05, 3.63) is 44.2 Å². The molecular weight excluding hydrogens is 422 g/mol. The molecule has 3 N–H and O–H groups in total. The number of carbonyl (C=O) groups is 2. The summed E-state index contributed by atoms with van der Waals surface area (Å²) in [5, 5.41) is 17.8. The number of hydrogen-bond donors (Lipinski definition) is 2. The minimum absolute atomic E-state index is 0.00839. The van der Waals surface area contributed by atoms with Gasteiger partial charge in [-0.2, -0.15) is 5.10 Å². The highest BCUT2D eigenvalue weighted by molar-refractivity contribution is 7.21. The molecule has 30 heavy (non-hydrogen) atoms. The molecule has 0 saturated heterocycles. The Morgan fingerprint density at radius 2 is 2.10 bits per heavy atom. The number of amides is 2. The maximum Gasteiger partial charge on any atom is 0.309 e. The number of pyridine rings is 1. The van der Waals surface area contributed by atoms with E-state index in [-0.39, 0.29) is 39.7 Å². The van der Waals surface area contributed by atoms with Crippen LogP contribution in [0.4, 0.5) is 20.2 Å². The van der Waals surface area contributed by atoms with Crippen LogP contribution in [0.25, 0.3) is 10.2 Å². The van der Waals surface area contributed by atoms with Gasteiger partial charge in [-0.1, -0.05) is 0 Å². The third-order valence-corrected chi connectivity index (χ3v) is 5.37. The highest BCUT2D eigenvalue weighted by atomic mass is 32.1. The molecule has 3 aromatic heterocycles. The number of alkyl halides is 2. The third kappa shape index (κ3) is 4.10. The maximum absolute atomic E-state index is 13.0. The molecule has 0 aliphatic carbocycles. The molecule has 0 aliphatic heterocycles. The van der Waals surface area contributed by atoms with Crippen molar-refractivity contribution in [2.45, 2.75) is 33.2 Å². The third-order valence-electron chi connectivity index (χ3n) is 4.28. The van der Waals surface area contributed by atoms with E-state index in [9.17, 15) is 28.5 Å². The van der Waals surface area contributed by atoms with Gasteiger partial charge in [0.05, 0.1) is 10.6 Å². The number of thiophene rings is 1. The Bertz CT molecular complexity index is 1170. The highest BCUT2D eigenvalue weighted by Gasteiger charge is 2.23. The van der Waals surface area contributed by atoms with Gasteiger partial charge in [0.2, 0.25) is 5.91 Å². The molecule has 0 atom stereocenters. The molecule has 0 saturated carbocycles. The second-order valence-electron chi connectivity index (χ2n) is 6.43. The summed E-state index contributed by atoms with van der Waals surface area (Å²) in [6.07, 6.45) is -1.67. The van der Waals surface area contributed by atoms with Gasteiger partial charge in [0.1, 0.15) is 27.3 Å². The summed E-state index contributed by atoms with van der Waals surface area (Å²) >= 11 is 0.816. The van der Waals surface area contributed by atoms with Gasteiger partial charge in [-0.15, -0.1) is 11.3 Å². The summed E-state index contributed by atoms with van der Waals surface area (Å²) in [5.74, 6) is -1.34. The minimum atomic E-state index is -2.79. The number of aromatic nitrogens is 3. The number of aryl methyl sites for hydroxylation is 3. The average Bonchev–Trinajstić information content (AvgIpc) is 3.21. The molecule has 0 aromatic carbocycles. The Hall–Kier alpha value is -3.48. The summed E-state index contributed by atoms with van der Waals surface area (Å²) in [6.45, 7) is 3.10. The Morgan fingerprint density at radius 1 is 1.40 bits per heavy atom. The van der Waals surface area contributed by atoms with Gasteiger partial charge in [-0.3, -0.25) is 24.4 Å². The van der Waals surface area contributed by atoms with Gasteiger partial charge in [0.25, 0.3) is 12.3 Å². The molecule has 2 amide bonds. The van der Waals surface area contributed by atoms with Crippen molar-refractivity contribution < 1.29 is 23.3 Å². The zero-order valence-corrected chi connectivity index (χ0v) is 16.6. The van der Waals surface area contributed by atoms with Gasteiger partial charge in [-0.25, -0.2) is 13.8 Å². The van der Waals surface area contributed by atoms with Crippen LogP contribution in [0.5, 0.6) is 0 Å². The predicted octanol–water partition coefficient (Wildman–Crippen LogP) is 3.08. The number of anilines is 1. The van der Waals surface area contributed by atoms with E-state index in [1.807, 2.05) is 0 Å². The monoisotopic (exact) mass is 438 g/mol. The normalized spacial score (nSPS) is 11.2. The van der Waals surface area contributed by atoms with Crippen molar-refractivity contribution in [2.75, 3.05) is 5.32 Å². The van der Waals surface area contributed by atoms with Crippen molar-refractivity contribution in [3.8, 4) is 0 Å². The molecule has 0 radical (unpaired) electrons. The highest BCUT2D eigenvalue weighted by Crippen LogP contribution is 2.38. The number of primary amides is 1. The van der Waals surface area contributed by atoms with Crippen molar-refractivity contribution in [1.82, 2.24) is 14.8 Å². The van der Waals surface area contributed by atoms with E-state index >= 15 is 0 Å². The maximum atomic E-state index is 13.0. The van der Waals surface area contributed by atoms with Crippen LogP contribution in [0, 0.1) is 24.0 Å². The van der Waals surface area contributed by atoms with Crippen LogP contribution in [-0.4, -0.2) is 31.5 Å². The van der Waals surface area contributed by atoms with Gasteiger partial charge >= 0.3 is 5.69 Å². The summed E-state index contributed by atoms with van der Waals surface area (Å²) in [7, 11) is 0. The van der Waals surface area contributed by atoms with E-state index < -0.39 is 28.9 Å². The van der Waals surface area contributed by atoms with E-state index in [0.717, 1.165) is 11.3 Å². The number of hydrogen-bond acceptors (Lipinski definition) is 7. The molecule has 10 nitrogen and oxygen atoms in total. The molecule has 3 heterocycles. The number of fused-ring (bicyclic) bond motifs is 1. The van der Waals surface area contributed by atoms with Gasteiger partial charge < -0.3 is 11.1 Å². The van der Waals surface area contributed by atoms with Crippen LogP contribution >= 0.6 is 11.3 Å². The lowest BCUT2D eigenvalue weighted by Gasteiger charge is -2.08. The lowest BCUT2D eigenvalue weighted by Crippen LogP contribution is -2.18. The zero-order valence-electron chi connectivity index (χ0n) is 15.8. The first-order chi connectivity index (χ1) is 14.1. The summed E-state index contributed by atoms with van der Waals surface area (Å²) in [4.78, 5) is 38.6. The van der Waals surface area contributed by atoms with E-state index in [2.05, 4.69) is 15.4 Å². The first-order valence-electron chi connectivity index (χ1n) is 8.58. The van der Waals surface area contributed by atoms with Crippen molar-refractivity contribution >= 4 is 44.7 Å². The van der Waals surface area contributed by atoms with E-state index in [1.54, 1.807) is 6.92 Å². The fourth-order valence-electron chi connectivity index (χ4n) is 2.93. The van der Waals surface area contributed by atoms with Crippen LogP contribution in [0.2, 0.25) is 0 Å². The van der Waals surface area contributed by atoms with Crippen molar-refractivity contribution in [2.24, 2.45) is 5.73 Å². The molecule has 0 fully saturated rings. The molecular formula is C17H16F2N6O4S. The van der Waals surface area contributed by atoms with E-state index in [0.29, 0.717) is 10.9 Å². The smallest absolute Gasteiger partial charge is 0.309 e. The van der Waals surface area contributed by atoms with E-state index in [1.165, 1.54) is 23.9 Å². The van der Waals surface area contributed by atoms with Crippen molar-refractivity contribution in [3.63, 3.8) is 0 Å². The number of halogens is 2. The van der Waals surface area contributed by atoms with E-state index in [4.69, 9.17) is 5.73 Å². The fraction of sp³-hybridized carbons (Fsp3) is 0.294. The molecule has 0 unspecified atom stereocenters. The number of nitro groups is 1. The molecule has 3 rings (SSSR count). The Balaban J connectivity index is 1.86. The van der Waals surface area contributed by atoms with Crippen LogP contribution < -0.4 is 11.1 Å². The number of nitrogens with zero attached hydrogens (tertiary/aromatic N) is 4. The SMILES string of the molecule is Cc1nn(CCC(=O)Nc2c(C(N)=O)sc3nc(C(F)F)cc(C)c23)cc1[N+](=O)[O-]. The number of nitrogens with one attached hydrogen (secondary N) is 1. The minimum Gasteiger partial charge on any atom is -0.365 e. The Morgan fingerprint density at radius 3 is 2.67 bits per heavy atom. The standard InChI is InChI=1S/C17H16F2N6O4S/c1-7-5-9(15(18)19)21-17-12(7)13(14(30-17)16(20)27)22-11(26)3-4-24-6-10(25(28)29)8(2)23-24/h5-6,15H,3-4H2,1-2H3,(H2,20,27)(H,22,26). The van der Waals surface area contributed by atoms with Crippen LogP contribution in [0.15, 0.2) is 12.3 Å². The average molecular weight is 438 g/mol. The number of nitrogens with two attached hydrogens (primary N) is 1. The van der Waals surface area contributed by atoms with Gasteiger partial charge in [0.15, 0.2) is 0 Å². The van der Waals surface area contributed by atoms with Gasteiger partial charge in [0, 0.05) is 18.4 Å². The quantitative estimate of drug-likeness (QED) is 0.428. The summed E-state index contributed by atoms with van der Waals surface area (Å²) in [6, 6.07) is 1.19. The molecule has 0 aliphatic rings. The molecule has 0 bridgehead atoms. The molecule has 158 valence electrons. The Kier molecular flexibility index (Phi) is 5.73. The molecule has 13 heteroatoms. The molecule has 0 spiro atoms. The number of rotatable bonds is 7. The Labute approximate surface area is 171 Å². The zero-order chi connectivity index (χ0) is 22.2. The summed E-state index contributed by atoms with van der Waals surface area (Å²) in [5.41, 5.74) is 5.52. The number of carbonyl (C=O) groups excluding carboxylic acids is 2. The predicted molar refractivity (Wildman–Crippen MR) is 105 cm³/mol. The van der Waals surface area contributed by atoms with Crippen molar-refractivity contribution in [1.29, 1.82) is 0 Å². The lowest BCUT2D eigenvalue weighted by atomic mass is 10.1. The summed E-state index contributed by atoms with van der Waals surface area (Å²) < 4.78 is 27.3. The second-order valence-corrected chi connectivity index (χ2v) is 7.43. The van der Waals surface area contributed by atoms with Crippen LogP contribution in [0.1, 0.15) is 39.5 Å². The second kappa shape index (κ2) is 8.10. The van der Waals surface area contributed by atoms with Crippen LogP contribution in [0.3, 0.4) is 0 Å².